The van der Waals surface area contributed by atoms with Gasteiger partial charge >= 0.3 is 0 Å². The van der Waals surface area contributed by atoms with E-state index in [0.29, 0.717) is 0 Å². The monoisotopic (exact) mass is 121 g/mol. The molecule has 8 heavy (non-hydrogen) atoms. The first kappa shape index (κ1) is 15.6. The van der Waals surface area contributed by atoms with E-state index in [1.165, 1.54) is 13.8 Å². The third kappa shape index (κ3) is 701. The van der Waals surface area contributed by atoms with Crippen LogP contribution >= 0.6 is 0 Å². The van der Waals surface area contributed by atoms with Crippen molar-refractivity contribution in [3.63, 3.8) is 0 Å². The zero-order chi connectivity index (χ0) is 6.28. The van der Waals surface area contributed by atoms with E-state index < -0.39 is 0 Å². The molecule has 0 radical (unpaired) electrons. The first-order chi connectivity index (χ1) is 3.15. The van der Waals surface area contributed by atoms with E-state index in [4.69, 9.17) is 5.11 Å². The second-order valence-corrected chi connectivity index (χ2v) is 1.22. The van der Waals surface area contributed by atoms with Gasteiger partial charge in [-0.2, -0.15) is 0 Å². The van der Waals surface area contributed by atoms with Gasteiger partial charge in [0, 0.05) is 6.61 Å². The van der Waals surface area contributed by atoms with Crippen molar-refractivity contribution in [1.82, 2.24) is 6.15 Å². The highest BCUT2D eigenvalue weighted by Crippen LogP contribution is 1.50. The van der Waals surface area contributed by atoms with Crippen LogP contribution in [0.2, 0.25) is 0 Å². The maximum atomic E-state index is 9.44. The van der Waals surface area contributed by atoms with E-state index in [2.05, 4.69) is 0 Å². The molecule has 0 bridgehead atoms. The summed E-state index contributed by atoms with van der Waals surface area (Å²) in [5.41, 5.74) is 0. The molecule has 0 aliphatic carbocycles. The lowest BCUT2D eigenvalue weighted by Gasteiger charge is -1.56. The van der Waals surface area contributed by atoms with Crippen LogP contribution in [0.5, 0.6) is 0 Å². The number of carbonyl (C=O) groups is 1. The minimum atomic E-state index is 0. The zero-order valence-corrected chi connectivity index (χ0v) is 5.77. The number of hydrogen-bond donors (Lipinski definition) is 2. The van der Waals surface area contributed by atoms with Crippen molar-refractivity contribution in [2.45, 2.75) is 20.8 Å². The number of hydrogen-bond acceptors (Lipinski definition) is 3. The Morgan fingerprint density at radius 1 is 1.50 bits per heavy atom. The SMILES string of the molecule is CC(C)=O.CCO.N. The Bertz CT molecular complexity index is 41.7. The zero-order valence-electron chi connectivity index (χ0n) is 5.77. The third-order valence-corrected chi connectivity index (χ3v) is 0. The molecule has 0 spiro atoms. The highest BCUT2D eigenvalue weighted by atomic mass is 16.2. The average Bonchev–Trinajstić information content (AvgIpc) is 1.33. The van der Waals surface area contributed by atoms with E-state index in [9.17, 15) is 4.79 Å². The van der Waals surface area contributed by atoms with Crippen molar-refractivity contribution in [3.8, 4) is 0 Å². The Hall–Kier alpha value is -0.410. The van der Waals surface area contributed by atoms with Gasteiger partial charge < -0.3 is 16.1 Å². The fourth-order valence-corrected chi connectivity index (χ4v) is 0. The Morgan fingerprint density at radius 2 is 1.50 bits per heavy atom. The predicted octanol–water partition coefficient (Wildman–Crippen LogP) is 0.756. The summed E-state index contributed by atoms with van der Waals surface area (Å²) < 4.78 is 0. The number of aliphatic hydroxyl groups excluding tert-OH is 1. The van der Waals surface area contributed by atoms with Crippen molar-refractivity contribution in [3.05, 3.63) is 0 Å². The number of rotatable bonds is 0. The number of carbonyl (C=O) groups excluding carboxylic acids is 1. The molecule has 0 saturated carbocycles. The van der Waals surface area contributed by atoms with Gasteiger partial charge in [0.2, 0.25) is 0 Å². The Labute approximate surface area is 50.3 Å². The largest absolute Gasteiger partial charge is 0.397 e. The van der Waals surface area contributed by atoms with Crippen LogP contribution in [-0.2, 0) is 4.79 Å². The summed E-state index contributed by atoms with van der Waals surface area (Å²) in [4.78, 5) is 9.44. The van der Waals surface area contributed by atoms with Gasteiger partial charge in [0.05, 0.1) is 0 Å². The van der Waals surface area contributed by atoms with Gasteiger partial charge in [0.1, 0.15) is 5.78 Å². The second kappa shape index (κ2) is 16.0. The van der Waals surface area contributed by atoms with Crippen molar-refractivity contribution >= 4 is 5.78 Å². The van der Waals surface area contributed by atoms with E-state index in [0.717, 1.165) is 0 Å². The molecule has 0 atom stereocenters. The van der Waals surface area contributed by atoms with E-state index in [1.807, 2.05) is 0 Å². The normalized spacial score (nSPS) is 5.50. The Morgan fingerprint density at radius 3 is 1.50 bits per heavy atom. The smallest absolute Gasteiger partial charge is 0.126 e. The first-order valence-corrected chi connectivity index (χ1v) is 2.23. The van der Waals surface area contributed by atoms with Gasteiger partial charge in [-0.15, -0.1) is 0 Å². The van der Waals surface area contributed by atoms with Gasteiger partial charge in [0.15, 0.2) is 0 Å². The molecule has 0 rings (SSSR count). The lowest BCUT2D eigenvalue weighted by Crippen LogP contribution is -1.69. The molecule has 52 valence electrons. The van der Waals surface area contributed by atoms with Crippen LogP contribution in [0.3, 0.4) is 0 Å². The summed E-state index contributed by atoms with van der Waals surface area (Å²) >= 11 is 0. The number of aliphatic hydroxyl groups is 1. The molecule has 0 aromatic rings. The summed E-state index contributed by atoms with van der Waals surface area (Å²) in [6.45, 7) is 4.99. The maximum Gasteiger partial charge on any atom is 0.126 e. The van der Waals surface area contributed by atoms with Crippen molar-refractivity contribution in [2.24, 2.45) is 0 Å². The van der Waals surface area contributed by atoms with Crippen LogP contribution in [0.15, 0.2) is 0 Å². The lowest BCUT2D eigenvalue weighted by molar-refractivity contribution is -0.114. The van der Waals surface area contributed by atoms with Crippen LogP contribution in [0.1, 0.15) is 20.8 Å². The molecular weight excluding hydrogens is 106 g/mol. The van der Waals surface area contributed by atoms with Crippen LogP contribution in [0, 0.1) is 0 Å². The minimum absolute atomic E-state index is 0. The summed E-state index contributed by atoms with van der Waals surface area (Å²) in [6.07, 6.45) is 0. The van der Waals surface area contributed by atoms with Crippen molar-refractivity contribution < 1.29 is 9.90 Å². The Kier molecular flexibility index (Phi) is 31.2. The van der Waals surface area contributed by atoms with Gasteiger partial charge in [-0.3, -0.25) is 0 Å². The molecule has 0 fully saturated rings. The minimum Gasteiger partial charge on any atom is -0.397 e. The summed E-state index contributed by atoms with van der Waals surface area (Å²) in [5, 5.41) is 7.57. The highest BCUT2D eigenvalue weighted by Gasteiger charge is 1.62. The summed E-state index contributed by atoms with van der Waals surface area (Å²) in [7, 11) is 0. The van der Waals surface area contributed by atoms with E-state index in [1.54, 1.807) is 6.92 Å². The topological polar surface area (TPSA) is 72.3 Å². The lowest BCUT2D eigenvalue weighted by atomic mass is 10.6. The summed E-state index contributed by atoms with van der Waals surface area (Å²) in [5.74, 6) is 0.167. The fraction of sp³-hybridized carbons (Fsp3) is 0.800. The third-order valence-electron chi connectivity index (χ3n) is 0. The number of Topliss-reactive ketones (excluding diaryl/α,β-unsaturated/α-hetero) is 1. The summed E-state index contributed by atoms with van der Waals surface area (Å²) in [6, 6.07) is 0. The molecule has 4 N–H and O–H groups in total. The molecule has 0 aromatic heterocycles. The molecule has 0 aliphatic rings. The fourth-order valence-electron chi connectivity index (χ4n) is 0. The predicted molar refractivity (Wildman–Crippen MR) is 34.1 cm³/mol. The number of ketones is 1. The highest BCUT2D eigenvalue weighted by molar-refractivity contribution is 5.72. The van der Waals surface area contributed by atoms with Crippen LogP contribution in [-0.4, -0.2) is 17.5 Å². The molecule has 3 nitrogen and oxygen atoms in total. The molecule has 0 aromatic carbocycles. The second-order valence-electron chi connectivity index (χ2n) is 1.22. The molecule has 3 heteroatoms. The van der Waals surface area contributed by atoms with Gasteiger partial charge in [-0.25, -0.2) is 0 Å². The maximum absolute atomic E-state index is 9.44. The molecule has 0 amide bonds. The molecular formula is C5H15NO2. The first-order valence-electron chi connectivity index (χ1n) is 2.23. The average molecular weight is 121 g/mol. The van der Waals surface area contributed by atoms with Crippen molar-refractivity contribution in [1.29, 1.82) is 0 Å². The Balaban J connectivity index is -0.0000000575. The molecule has 0 unspecified atom stereocenters. The van der Waals surface area contributed by atoms with Gasteiger partial charge in [-0.1, -0.05) is 0 Å². The van der Waals surface area contributed by atoms with Crippen LogP contribution < -0.4 is 6.15 Å². The molecule has 0 heterocycles. The standard InChI is InChI=1S/C3H6O.C2H6O.H3N/c1-3(2)4;1-2-3;/h1-2H3;3H,2H2,1H3;1H3. The molecule has 0 aliphatic heterocycles. The van der Waals surface area contributed by atoms with Crippen LogP contribution in [0.25, 0.3) is 0 Å². The van der Waals surface area contributed by atoms with Crippen LogP contribution in [0.4, 0.5) is 0 Å². The molecule has 0 saturated heterocycles. The van der Waals surface area contributed by atoms with Crippen molar-refractivity contribution in [2.75, 3.05) is 6.61 Å². The van der Waals surface area contributed by atoms with Gasteiger partial charge in [-0.05, 0) is 20.8 Å². The van der Waals surface area contributed by atoms with E-state index in [-0.39, 0.29) is 18.5 Å². The quantitative estimate of drug-likeness (QED) is 0.497. The van der Waals surface area contributed by atoms with Gasteiger partial charge in [0.25, 0.3) is 0 Å². The van der Waals surface area contributed by atoms with E-state index >= 15 is 0 Å².